The minimum atomic E-state index is -0.757. The summed E-state index contributed by atoms with van der Waals surface area (Å²) in [5.74, 6) is -1.75. The van der Waals surface area contributed by atoms with Crippen molar-refractivity contribution in [1.82, 2.24) is 5.43 Å². The van der Waals surface area contributed by atoms with Gasteiger partial charge in [-0.2, -0.15) is 0 Å². The van der Waals surface area contributed by atoms with Crippen molar-refractivity contribution in [2.45, 2.75) is 32.7 Å². The number of hydrogen-bond donors (Lipinski definition) is 2. The van der Waals surface area contributed by atoms with Crippen LogP contribution in [0.15, 0.2) is 42.5 Å². The summed E-state index contributed by atoms with van der Waals surface area (Å²) in [5, 5.41) is 1.20. The molecule has 2 aromatic carbocycles. The molecule has 6 heteroatoms. The van der Waals surface area contributed by atoms with Crippen LogP contribution in [0.3, 0.4) is 0 Å². The van der Waals surface area contributed by atoms with Gasteiger partial charge in [-0.15, -0.1) is 0 Å². The number of nitrogens with zero attached hydrogens (tertiary/aromatic N) is 1. The summed E-state index contributed by atoms with van der Waals surface area (Å²) in [5.41, 5.74) is 11.1. The Morgan fingerprint density at radius 2 is 1.88 bits per heavy atom. The zero-order chi connectivity index (χ0) is 19.0. The van der Waals surface area contributed by atoms with E-state index in [1.165, 1.54) is 23.2 Å². The highest BCUT2D eigenvalue weighted by Crippen LogP contribution is 2.40. The summed E-state index contributed by atoms with van der Waals surface area (Å²) < 4.78 is 13.9. The Bertz CT molecular complexity index is 866. The van der Waals surface area contributed by atoms with Crippen LogP contribution in [0.1, 0.15) is 32.3 Å². The van der Waals surface area contributed by atoms with Crippen molar-refractivity contribution in [2.75, 3.05) is 5.01 Å². The Kier molecular flexibility index (Phi) is 4.78. The number of fused-ring (bicyclic) bond motifs is 3. The Morgan fingerprint density at radius 3 is 2.58 bits per heavy atom. The van der Waals surface area contributed by atoms with Gasteiger partial charge < -0.3 is 5.73 Å². The molecule has 0 radical (unpaired) electrons. The topological polar surface area (TPSA) is 75.4 Å². The number of halogens is 1. The first-order valence-corrected chi connectivity index (χ1v) is 8.60. The van der Waals surface area contributed by atoms with E-state index >= 15 is 0 Å². The number of rotatable bonds is 3. The van der Waals surface area contributed by atoms with Crippen LogP contribution in [0.4, 0.5) is 10.1 Å². The molecule has 0 aromatic heterocycles. The molecule has 1 heterocycles. The van der Waals surface area contributed by atoms with Crippen LogP contribution in [0, 0.1) is 11.7 Å². The van der Waals surface area contributed by atoms with Crippen LogP contribution in [0.5, 0.6) is 0 Å². The molecule has 0 aliphatic carbocycles. The van der Waals surface area contributed by atoms with Gasteiger partial charge in [-0.1, -0.05) is 38.1 Å². The highest BCUT2D eigenvalue weighted by atomic mass is 19.1. The monoisotopic (exact) mass is 355 g/mol. The molecular formula is C20H22FN3O2. The molecule has 3 N–H and O–H groups in total. The van der Waals surface area contributed by atoms with Gasteiger partial charge in [-0.25, -0.2) is 9.40 Å². The quantitative estimate of drug-likeness (QED) is 0.889. The second-order valence-corrected chi connectivity index (χ2v) is 6.89. The SMILES string of the molecule is CC1C(=O)N(NC(=O)[C@@H](N)C(C)C)c2ccc(F)cc2-c2ccccc21. The summed E-state index contributed by atoms with van der Waals surface area (Å²) >= 11 is 0. The number of amides is 2. The molecule has 136 valence electrons. The van der Waals surface area contributed by atoms with Crippen molar-refractivity contribution >= 4 is 17.5 Å². The number of carbonyl (C=O) groups is 2. The van der Waals surface area contributed by atoms with Crippen LogP contribution in [0.25, 0.3) is 11.1 Å². The molecular weight excluding hydrogens is 333 g/mol. The number of benzene rings is 2. The first-order chi connectivity index (χ1) is 12.3. The van der Waals surface area contributed by atoms with Gasteiger partial charge in [0.15, 0.2) is 0 Å². The standard InChI is InChI=1S/C20H22FN3O2/c1-11(2)18(22)19(25)23-24-17-9-8-13(21)10-16(17)15-7-5-4-6-14(15)12(3)20(24)26/h4-12,18H,22H2,1-3H3,(H,23,25)/t12?,18-/m0/s1. The lowest BCUT2D eigenvalue weighted by Crippen LogP contribution is -2.54. The fourth-order valence-corrected chi connectivity index (χ4v) is 3.09. The molecule has 2 atom stereocenters. The van der Waals surface area contributed by atoms with E-state index in [1.54, 1.807) is 6.92 Å². The number of nitrogens with one attached hydrogen (secondary N) is 1. The third-order valence-electron chi connectivity index (χ3n) is 4.75. The van der Waals surface area contributed by atoms with Crippen molar-refractivity contribution in [3.05, 3.63) is 53.8 Å². The van der Waals surface area contributed by atoms with Crippen LogP contribution in [-0.4, -0.2) is 17.9 Å². The molecule has 3 rings (SSSR count). The number of anilines is 1. The molecule has 2 aromatic rings. The van der Waals surface area contributed by atoms with Gasteiger partial charge in [0, 0.05) is 5.56 Å². The maximum atomic E-state index is 13.9. The Morgan fingerprint density at radius 1 is 1.19 bits per heavy atom. The molecule has 0 spiro atoms. The lowest BCUT2D eigenvalue weighted by molar-refractivity contribution is -0.127. The summed E-state index contributed by atoms with van der Waals surface area (Å²) in [4.78, 5) is 25.5. The number of hydrazine groups is 1. The van der Waals surface area contributed by atoms with E-state index in [2.05, 4.69) is 5.43 Å². The molecule has 1 aliphatic rings. The van der Waals surface area contributed by atoms with E-state index in [4.69, 9.17) is 5.73 Å². The van der Waals surface area contributed by atoms with Crippen molar-refractivity contribution in [3.8, 4) is 11.1 Å². The van der Waals surface area contributed by atoms with E-state index in [0.29, 0.717) is 11.3 Å². The van der Waals surface area contributed by atoms with Crippen molar-refractivity contribution in [2.24, 2.45) is 11.7 Å². The Hall–Kier alpha value is -2.73. The third kappa shape index (κ3) is 3.08. The molecule has 5 nitrogen and oxygen atoms in total. The third-order valence-corrected chi connectivity index (χ3v) is 4.75. The molecule has 26 heavy (non-hydrogen) atoms. The zero-order valence-electron chi connectivity index (χ0n) is 15.0. The largest absolute Gasteiger partial charge is 0.320 e. The van der Waals surface area contributed by atoms with E-state index in [9.17, 15) is 14.0 Å². The van der Waals surface area contributed by atoms with Gasteiger partial charge in [0.05, 0.1) is 17.6 Å². The maximum absolute atomic E-state index is 13.9. The van der Waals surface area contributed by atoms with Crippen LogP contribution < -0.4 is 16.2 Å². The Labute approximate surface area is 152 Å². The fourth-order valence-electron chi connectivity index (χ4n) is 3.09. The van der Waals surface area contributed by atoms with E-state index in [-0.39, 0.29) is 11.8 Å². The second-order valence-electron chi connectivity index (χ2n) is 6.89. The lowest BCUT2D eigenvalue weighted by atomic mass is 9.92. The molecule has 1 aliphatic heterocycles. The molecule has 0 saturated carbocycles. The predicted octanol–water partition coefficient (Wildman–Crippen LogP) is 2.96. The molecule has 0 bridgehead atoms. The number of carbonyl (C=O) groups excluding carboxylic acids is 2. The minimum Gasteiger partial charge on any atom is -0.320 e. The van der Waals surface area contributed by atoms with Gasteiger partial charge in [-0.3, -0.25) is 15.0 Å². The lowest BCUT2D eigenvalue weighted by Gasteiger charge is -2.27. The van der Waals surface area contributed by atoms with E-state index in [1.807, 2.05) is 38.1 Å². The van der Waals surface area contributed by atoms with Crippen LogP contribution in [-0.2, 0) is 9.59 Å². The number of hydrogen-bond acceptors (Lipinski definition) is 3. The first kappa shape index (κ1) is 18.1. The average molecular weight is 355 g/mol. The summed E-state index contributed by atoms with van der Waals surface area (Å²) in [7, 11) is 0. The predicted molar refractivity (Wildman–Crippen MR) is 98.7 cm³/mol. The van der Waals surface area contributed by atoms with E-state index < -0.39 is 23.7 Å². The van der Waals surface area contributed by atoms with Crippen molar-refractivity contribution in [3.63, 3.8) is 0 Å². The molecule has 1 unspecified atom stereocenters. The van der Waals surface area contributed by atoms with Gasteiger partial charge in [0.1, 0.15) is 5.82 Å². The van der Waals surface area contributed by atoms with Gasteiger partial charge in [0.2, 0.25) is 0 Å². The highest BCUT2D eigenvalue weighted by Gasteiger charge is 2.33. The minimum absolute atomic E-state index is 0.0839. The maximum Gasteiger partial charge on any atom is 0.256 e. The molecule has 0 fully saturated rings. The van der Waals surface area contributed by atoms with E-state index in [0.717, 1.165) is 11.1 Å². The fraction of sp³-hybridized carbons (Fsp3) is 0.300. The highest BCUT2D eigenvalue weighted by molar-refractivity contribution is 6.06. The van der Waals surface area contributed by atoms with Crippen LogP contribution >= 0.6 is 0 Å². The summed E-state index contributed by atoms with van der Waals surface area (Å²) in [6.45, 7) is 5.43. The smallest absolute Gasteiger partial charge is 0.256 e. The summed E-state index contributed by atoms with van der Waals surface area (Å²) in [6.07, 6.45) is 0. The molecule has 2 amide bonds. The van der Waals surface area contributed by atoms with Gasteiger partial charge in [-0.05, 0) is 42.2 Å². The van der Waals surface area contributed by atoms with Crippen molar-refractivity contribution in [1.29, 1.82) is 0 Å². The zero-order valence-corrected chi connectivity index (χ0v) is 15.0. The number of nitrogens with two attached hydrogens (primary N) is 1. The normalized spacial score (nSPS) is 17.4. The first-order valence-electron chi connectivity index (χ1n) is 8.60. The summed E-state index contributed by atoms with van der Waals surface area (Å²) in [6, 6.07) is 10.8. The average Bonchev–Trinajstić information content (AvgIpc) is 2.71. The van der Waals surface area contributed by atoms with Gasteiger partial charge in [0.25, 0.3) is 11.8 Å². The second kappa shape index (κ2) is 6.88. The Balaban J connectivity index is 2.13. The van der Waals surface area contributed by atoms with Crippen molar-refractivity contribution < 1.29 is 14.0 Å². The van der Waals surface area contributed by atoms with Crippen LogP contribution in [0.2, 0.25) is 0 Å². The van der Waals surface area contributed by atoms with Gasteiger partial charge >= 0.3 is 0 Å². The molecule has 0 saturated heterocycles.